The zero-order chi connectivity index (χ0) is 14.3. The highest BCUT2D eigenvalue weighted by Crippen LogP contribution is 2.19. The normalized spacial score (nSPS) is 12.2. The van der Waals surface area contributed by atoms with Crippen LogP contribution in [0, 0.1) is 18.7 Å². The highest BCUT2D eigenvalue weighted by molar-refractivity contribution is 5.91. The lowest BCUT2D eigenvalue weighted by Crippen LogP contribution is -2.15. The lowest BCUT2D eigenvalue weighted by Gasteiger charge is -2.14. The van der Waals surface area contributed by atoms with E-state index in [1.165, 1.54) is 6.07 Å². The van der Waals surface area contributed by atoms with Gasteiger partial charge in [0.15, 0.2) is 0 Å². The van der Waals surface area contributed by atoms with E-state index in [1.807, 2.05) is 0 Å². The Bertz CT molecular complexity index is 421. The Labute approximate surface area is 114 Å². The molecule has 1 amide bonds. The number of nitrogens with two attached hydrogens (primary N) is 1. The van der Waals surface area contributed by atoms with E-state index in [1.54, 1.807) is 19.1 Å². The van der Waals surface area contributed by atoms with Crippen molar-refractivity contribution in [1.29, 1.82) is 0 Å². The Hall–Kier alpha value is -1.42. The van der Waals surface area contributed by atoms with Crippen LogP contribution in [0.15, 0.2) is 18.2 Å². The van der Waals surface area contributed by atoms with Crippen LogP contribution in [0.4, 0.5) is 10.1 Å². The number of amides is 1. The molecule has 0 saturated carbocycles. The Morgan fingerprint density at radius 1 is 1.42 bits per heavy atom. The number of anilines is 1. The van der Waals surface area contributed by atoms with Gasteiger partial charge in [0, 0.05) is 17.7 Å². The van der Waals surface area contributed by atoms with Gasteiger partial charge in [0.2, 0.25) is 5.91 Å². The molecule has 0 aliphatic carbocycles. The van der Waals surface area contributed by atoms with Gasteiger partial charge in [-0.15, -0.1) is 0 Å². The van der Waals surface area contributed by atoms with Crippen LogP contribution in [0.1, 0.15) is 38.2 Å². The number of benzene rings is 1. The second-order valence-corrected chi connectivity index (χ2v) is 4.85. The summed E-state index contributed by atoms with van der Waals surface area (Å²) >= 11 is 0. The number of hydrogen-bond acceptors (Lipinski definition) is 2. The first-order valence-electron chi connectivity index (χ1n) is 6.83. The van der Waals surface area contributed by atoms with Crippen LogP contribution < -0.4 is 11.1 Å². The van der Waals surface area contributed by atoms with Crippen LogP contribution in [0.3, 0.4) is 0 Å². The van der Waals surface area contributed by atoms with Crippen molar-refractivity contribution in [3.8, 4) is 0 Å². The van der Waals surface area contributed by atoms with E-state index in [9.17, 15) is 9.18 Å². The Balaban J connectivity index is 2.49. The van der Waals surface area contributed by atoms with E-state index in [0.717, 1.165) is 19.3 Å². The third-order valence-electron chi connectivity index (χ3n) is 3.47. The maximum absolute atomic E-state index is 13.3. The van der Waals surface area contributed by atoms with Crippen molar-refractivity contribution in [2.75, 3.05) is 11.9 Å². The molecule has 0 aliphatic rings. The minimum atomic E-state index is -0.299. The molecule has 4 heteroatoms. The van der Waals surface area contributed by atoms with E-state index >= 15 is 0 Å². The van der Waals surface area contributed by atoms with Crippen molar-refractivity contribution in [1.82, 2.24) is 0 Å². The standard InChI is InChI=1S/C15H23FN2O/c1-3-12(9-10-17)7-8-15(19)18-14-6-4-5-13(16)11(14)2/h4-6,12H,3,7-10,17H2,1-2H3,(H,18,19). The van der Waals surface area contributed by atoms with E-state index in [-0.39, 0.29) is 11.7 Å². The minimum Gasteiger partial charge on any atom is -0.330 e. The quantitative estimate of drug-likeness (QED) is 0.796. The summed E-state index contributed by atoms with van der Waals surface area (Å²) in [5.74, 6) is 0.126. The lowest BCUT2D eigenvalue weighted by atomic mass is 9.96. The maximum Gasteiger partial charge on any atom is 0.224 e. The fourth-order valence-electron chi connectivity index (χ4n) is 2.08. The van der Waals surface area contributed by atoms with Crippen molar-refractivity contribution in [2.24, 2.45) is 11.7 Å². The van der Waals surface area contributed by atoms with Gasteiger partial charge in [-0.05, 0) is 44.4 Å². The van der Waals surface area contributed by atoms with Gasteiger partial charge in [0.05, 0.1) is 0 Å². The average molecular weight is 266 g/mol. The van der Waals surface area contributed by atoms with Gasteiger partial charge in [0.1, 0.15) is 5.82 Å². The van der Waals surface area contributed by atoms with E-state index in [4.69, 9.17) is 5.73 Å². The number of hydrogen-bond donors (Lipinski definition) is 2. The first kappa shape index (κ1) is 15.6. The number of carbonyl (C=O) groups is 1. The lowest BCUT2D eigenvalue weighted by molar-refractivity contribution is -0.116. The zero-order valence-electron chi connectivity index (χ0n) is 11.7. The molecule has 19 heavy (non-hydrogen) atoms. The predicted octanol–water partition coefficient (Wildman–Crippen LogP) is 3.23. The van der Waals surface area contributed by atoms with Crippen LogP contribution in [-0.4, -0.2) is 12.5 Å². The molecule has 0 radical (unpaired) electrons. The van der Waals surface area contributed by atoms with Crippen molar-refractivity contribution >= 4 is 11.6 Å². The van der Waals surface area contributed by atoms with Crippen molar-refractivity contribution in [3.63, 3.8) is 0 Å². The Morgan fingerprint density at radius 3 is 2.79 bits per heavy atom. The zero-order valence-corrected chi connectivity index (χ0v) is 11.7. The van der Waals surface area contributed by atoms with Gasteiger partial charge in [-0.3, -0.25) is 4.79 Å². The Kier molecular flexibility index (Phi) is 6.50. The summed E-state index contributed by atoms with van der Waals surface area (Å²) in [5, 5.41) is 2.76. The number of halogens is 1. The van der Waals surface area contributed by atoms with Crippen molar-refractivity contribution in [3.05, 3.63) is 29.6 Å². The molecule has 1 aromatic carbocycles. The van der Waals surface area contributed by atoms with E-state index in [2.05, 4.69) is 12.2 Å². The molecule has 1 unspecified atom stereocenters. The van der Waals surface area contributed by atoms with Crippen LogP contribution in [0.5, 0.6) is 0 Å². The number of rotatable bonds is 7. The molecule has 1 aromatic rings. The Morgan fingerprint density at radius 2 is 2.16 bits per heavy atom. The van der Waals surface area contributed by atoms with Crippen LogP contribution in [0.2, 0.25) is 0 Å². The summed E-state index contributed by atoms with van der Waals surface area (Å²) in [6, 6.07) is 4.70. The molecule has 0 aliphatic heterocycles. The predicted molar refractivity (Wildman–Crippen MR) is 76.5 cm³/mol. The summed E-state index contributed by atoms with van der Waals surface area (Å²) in [6.45, 7) is 4.42. The van der Waals surface area contributed by atoms with Crippen molar-refractivity contribution in [2.45, 2.75) is 39.5 Å². The second kappa shape index (κ2) is 7.89. The third-order valence-corrected chi connectivity index (χ3v) is 3.47. The third kappa shape index (κ3) is 4.99. The second-order valence-electron chi connectivity index (χ2n) is 4.85. The smallest absolute Gasteiger partial charge is 0.224 e. The van der Waals surface area contributed by atoms with Crippen LogP contribution >= 0.6 is 0 Å². The largest absolute Gasteiger partial charge is 0.330 e. The highest BCUT2D eigenvalue weighted by Gasteiger charge is 2.11. The summed E-state index contributed by atoms with van der Waals surface area (Å²) in [4.78, 5) is 11.8. The van der Waals surface area contributed by atoms with Gasteiger partial charge in [-0.1, -0.05) is 19.4 Å². The first-order chi connectivity index (χ1) is 9.08. The van der Waals surface area contributed by atoms with Crippen molar-refractivity contribution < 1.29 is 9.18 Å². The molecule has 1 rings (SSSR count). The monoisotopic (exact) mass is 266 g/mol. The first-order valence-corrected chi connectivity index (χ1v) is 6.83. The molecule has 0 fully saturated rings. The number of carbonyl (C=O) groups excluding carboxylic acids is 1. The molecule has 3 nitrogen and oxygen atoms in total. The summed E-state index contributed by atoms with van der Waals surface area (Å²) in [6.07, 6.45) is 3.26. The summed E-state index contributed by atoms with van der Waals surface area (Å²) in [5.41, 5.74) is 6.56. The number of nitrogens with one attached hydrogen (secondary N) is 1. The fraction of sp³-hybridized carbons (Fsp3) is 0.533. The summed E-state index contributed by atoms with van der Waals surface area (Å²) < 4.78 is 13.3. The summed E-state index contributed by atoms with van der Waals surface area (Å²) in [7, 11) is 0. The maximum atomic E-state index is 13.3. The molecule has 3 N–H and O–H groups in total. The van der Waals surface area contributed by atoms with E-state index < -0.39 is 0 Å². The molecule has 106 valence electrons. The van der Waals surface area contributed by atoms with Gasteiger partial charge < -0.3 is 11.1 Å². The van der Waals surface area contributed by atoms with Crippen LogP contribution in [0.25, 0.3) is 0 Å². The molecule has 0 aromatic heterocycles. The molecular formula is C15H23FN2O. The minimum absolute atomic E-state index is 0.0656. The van der Waals surface area contributed by atoms with Gasteiger partial charge in [-0.25, -0.2) is 4.39 Å². The SMILES string of the molecule is CCC(CCN)CCC(=O)Nc1cccc(F)c1C. The average Bonchev–Trinajstić information content (AvgIpc) is 2.40. The molecule has 0 saturated heterocycles. The highest BCUT2D eigenvalue weighted by atomic mass is 19.1. The van der Waals surface area contributed by atoms with E-state index in [0.29, 0.717) is 30.1 Å². The fourth-order valence-corrected chi connectivity index (χ4v) is 2.08. The molecular weight excluding hydrogens is 243 g/mol. The molecule has 0 bridgehead atoms. The van der Waals surface area contributed by atoms with Gasteiger partial charge >= 0.3 is 0 Å². The molecule has 1 atom stereocenters. The topological polar surface area (TPSA) is 55.1 Å². The van der Waals surface area contributed by atoms with Crippen LogP contribution in [-0.2, 0) is 4.79 Å². The molecule has 0 spiro atoms. The molecule has 0 heterocycles. The van der Waals surface area contributed by atoms with Gasteiger partial charge in [-0.2, -0.15) is 0 Å². The van der Waals surface area contributed by atoms with Gasteiger partial charge in [0.25, 0.3) is 0 Å².